The van der Waals surface area contributed by atoms with E-state index in [1.807, 2.05) is 0 Å². The van der Waals surface area contributed by atoms with Crippen LogP contribution in [0.5, 0.6) is 0 Å². The van der Waals surface area contributed by atoms with Crippen molar-refractivity contribution in [1.82, 2.24) is 15.0 Å². The molecule has 100 valence electrons. The molecule has 0 amide bonds. The van der Waals surface area contributed by atoms with Crippen molar-refractivity contribution in [3.05, 3.63) is 47.4 Å². The number of nitrogens with one attached hydrogen (secondary N) is 1. The van der Waals surface area contributed by atoms with E-state index in [-0.39, 0.29) is 17.0 Å². The van der Waals surface area contributed by atoms with Crippen LogP contribution in [0.25, 0.3) is 11.1 Å². The number of oxazole rings is 1. The zero-order chi connectivity index (χ0) is 13.7. The lowest BCUT2D eigenvalue weighted by Crippen LogP contribution is -2.14. The maximum Gasteiger partial charge on any atom is 0.248 e. The van der Waals surface area contributed by atoms with Gasteiger partial charge in [-0.15, -0.1) is 0 Å². The molecule has 3 aromatic rings. The minimum absolute atomic E-state index is 0.184. The molecule has 7 heteroatoms. The van der Waals surface area contributed by atoms with E-state index in [2.05, 4.69) is 19.9 Å². The number of aromatic amines is 1. The van der Waals surface area contributed by atoms with Gasteiger partial charge in [-0.1, -0.05) is 0 Å². The highest BCUT2D eigenvalue weighted by atomic mass is 19.2. The number of hydrogen-bond acceptors (Lipinski definition) is 4. The highest BCUT2D eigenvalue weighted by molar-refractivity contribution is 6.10. The van der Waals surface area contributed by atoms with E-state index >= 15 is 0 Å². The van der Waals surface area contributed by atoms with Crippen molar-refractivity contribution in [2.75, 3.05) is 6.54 Å². The van der Waals surface area contributed by atoms with Crippen LogP contribution < -0.4 is 0 Å². The van der Waals surface area contributed by atoms with Crippen LogP contribution in [0.4, 0.5) is 8.78 Å². The Labute approximate surface area is 111 Å². The molecule has 0 radical (unpaired) electrons. The molecule has 1 aliphatic rings. The van der Waals surface area contributed by atoms with Crippen molar-refractivity contribution in [3.8, 4) is 0 Å². The maximum atomic E-state index is 13.2. The summed E-state index contributed by atoms with van der Waals surface area (Å²) in [6.45, 7) is 0.589. The maximum absolute atomic E-state index is 13.2. The number of aliphatic imine (C=N–C) groups is 1. The molecule has 1 N–H and O–H groups in total. The van der Waals surface area contributed by atoms with E-state index in [1.165, 1.54) is 0 Å². The molecule has 0 fully saturated rings. The van der Waals surface area contributed by atoms with Gasteiger partial charge in [-0.05, 0) is 0 Å². The van der Waals surface area contributed by atoms with Crippen LogP contribution in [-0.4, -0.2) is 27.2 Å². The summed E-state index contributed by atoms with van der Waals surface area (Å²) in [6.07, 6.45) is 2.34. The van der Waals surface area contributed by atoms with Crippen LogP contribution in [0.2, 0.25) is 0 Å². The summed E-state index contributed by atoms with van der Waals surface area (Å²) in [4.78, 5) is 15.7. The number of hydrogen-bond donors (Lipinski definition) is 1. The first-order valence-corrected chi connectivity index (χ1v) is 6.05. The van der Waals surface area contributed by atoms with Crippen molar-refractivity contribution in [2.24, 2.45) is 4.99 Å². The van der Waals surface area contributed by atoms with Crippen LogP contribution in [-0.2, 0) is 6.42 Å². The first-order valence-electron chi connectivity index (χ1n) is 6.05. The molecule has 5 nitrogen and oxygen atoms in total. The number of rotatable bonds is 1. The van der Waals surface area contributed by atoms with Gasteiger partial charge in [0.25, 0.3) is 0 Å². The summed E-state index contributed by atoms with van der Waals surface area (Å²) in [5.74, 6) is -1.70. The molecular formula is C13H8F2N4O. The monoisotopic (exact) mass is 274 g/mol. The topological polar surface area (TPSA) is 67.1 Å². The molecule has 0 spiro atoms. The first kappa shape index (κ1) is 11.3. The summed E-state index contributed by atoms with van der Waals surface area (Å²) < 4.78 is 31.8. The number of nitrogens with zero attached hydrogens (tertiary/aromatic N) is 3. The minimum atomic E-state index is -0.966. The Balaban J connectivity index is 1.89. The van der Waals surface area contributed by atoms with Crippen LogP contribution in [0, 0.1) is 11.6 Å². The molecule has 1 aromatic carbocycles. The molecule has 0 bridgehead atoms. The third kappa shape index (κ3) is 1.56. The lowest BCUT2D eigenvalue weighted by molar-refractivity contribution is 0.507. The second-order valence-electron chi connectivity index (χ2n) is 4.46. The van der Waals surface area contributed by atoms with Gasteiger partial charge in [0.1, 0.15) is 16.9 Å². The van der Waals surface area contributed by atoms with Gasteiger partial charge in [0.15, 0.2) is 17.2 Å². The molecule has 3 heterocycles. The van der Waals surface area contributed by atoms with Gasteiger partial charge in [0, 0.05) is 30.8 Å². The summed E-state index contributed by atoms with van der Waals surface area (Å²) in [5, 5.41) is 0. The fraction of sp³-hybridized carbons (Fsp3) is 0.154. The molecule has 0 saturated heterocycles. The van der Waals surface area contributed by atoms with Gasteiger partial charge in [-0.25, -0.2) is 18.7 Å². The Kier molecular flexibility index (Phi) is 2.23. The number of halogens is 2. The molecular weight excluding hydrogens is 266 g/mol. The number of H-pyrrole nitrogens is 1. The third-order valence-electron chi connectivity index (χ3n) is 3.21. The molecule has 0 atom stereocenters. The SMILES string of the molecule is Fc1cc2nc(C3=NCCc4[nH]cnc43)oc2cc1F. The quantitative estimate of drug-likeness (QED) is 0.739. The number of fused-ring (bicyclic) bond motifs is 2. The van der Waals surface area contributed by atoms with E-state index in [9.17, 15) is 8.78 Å². The molecule has 1 aliphatic heterocycles. The lowest BCUT2D eigenvalue weighted by Gasteiger charge is -2.08. The second-order valence-corrected chi connectivity index (χ2v) is 4.46. The predicted molar refractivity (Wildman–Crippen MR) is 66.7 cm³/mol. The molecule has 0 unspecified atom stereocenters. The number of aromatic nitrogens is 3. The van der Waals surface area contributed by atoms with Crippen molar-refractivity contribution in [1.29, 1.82) is 0 Å². The van der Waals surface area contributed by atoms with Gasteiger partial charge in [-0.2, -0.15) is 0 Å². The van der Waals surface area contributed by atoms with Crippen LogP contribution in [0.15, 0.2) is 27.9 Å². The molecule has 0 aliphatic carbocycles. The van der Waals surface area contributed by atoms with Crippen LogP contribution in [0.1, 0.15) is 17.3 Å². The van der Waals surface area contributed by atoms with Gasteiger partial charge in [0.2, 0.25) is 5.89 Å². The molecule has 0 saturated carbocycles. The van der Waals surface area contributed by atoms with E-state index in [4.69, 9.17) is 4.42 Å². The first-order chi connectivity index (χ1) is 9.72. The van der Waals surface area contributed by atoms with E-state index < -0.39 is 11.6 Å². The Morgan fingerprint density at radius 3 is 2.95 bits per heavy atom. The molecule has 2 aromatic heterocycles. The van der Waals surface area contributed by atoms with Gasteiger partial charge in [0.05, 0.1) is 6.33 Å². The Bertz CT molecular complexity index is 810. The Morgan fingerprint density at radius 2 is 2.05 bits per heavy atom. The van der Waals surface area contributed by atoms with E-state index in [0.717, 1.165) is 24.2 Å². The highest BCUT2D eigenvalue weighted by Gasteiger charge is 2.23. The van der Waals surface area contributed by atoms with Gasteiger partial charge in [-0.3, -0.25) is 4.99 Å². The van der Waals surface area contributed by atoms with Crippen molar-refractivity contribution >= 4 is 16.8 Å². The largest absolute Gasteiger partial charge is 0.435 e. The molecule has 4 rings (SSSR count). The van der Waals surface area contributed by atoms with Crippen molar-refractivity contribution in [3.63, 3.8) is 0 Å². The average Bonchev–Trinajstić information content (AvgIpc) is 3.05. The van der Waals surface area contributed by atoms with Crippen molar-refractivity contribution < 1.29 is 13.2 Å². The fourth-order valence-corrected chi connectivity index (χ4v) is 2.26. The lowest BCUT2D eigenvalue weighted by atomic mass is 10.1. The normalized spacial score (nSPS) is 14.4. The second kappa shape index (κ2) is 3.96. The van der Waals surface area contributed by atoms with Gasteiger partial charge < -0.3 is 9.40 Å². The van der Waals surface area contributed by atoms with E-state index in [1.54, 1.807) is 6.33 Å². The average molecular weight is 274 g/mol. The Morgan fingerprint density at radius 1 is 1.20 bits per heavy atom. The summed E-state index contributed by atoms with van der Waals surface area (Å²) in [6, 6.07) is 1.99. The van der Waals surface area contributed by atoms with E-state index in [0.29, 0.717) is 18.0 Å². The summed E-state index contributed by atoms with van der Waals surface area (Å²) >= 11 is 0. The number of benzene rings is 1. The zero-order valence-corrected chi connectivity index (χ0v) is 10.2. The smallest absolute Gasteiger partial charge is 0.248 e. The molecule has 20 heavy (non-hydrogen) atoms. The summed E-state index contributed by atoms with van der Waals surface area (Å²) in [5.41, 5.74) is 2.57. The van der Waals surface area contributed by atoms with Crippen LogP contribution in [0.3, 0.4) is 0 Å². The third-order valence-corrected chi connectivity index (χ3v) is 3.21. The zero-order valence-electron chi connectivity index (χ0n) is 10.2. The Hall–Kier alpha value is -2.57. The standard InChI is InChI=1S/C13H8F2N4O/c14-6-3-9-10(4-7(6)15)20-13(19-9)12-11-8(1-2-16-12)17-5-18-11/h3-5H,1-2H2,(H,17,18). The minimum Gasteiger partial charge on any atom is -0.435 e. The van der Waals surface area contributed by atoms with Gasteiger partial charge >= 0.3 is 0 Å². The van der Waals surface area contributed by atoms with Crippen LogP contribution >= 0.6 is 0 Å². The highest BCUT2D eigenvalue weighted by Crippen LogP contribution is 2.23. The number of imidazole rings is 1. The van der Waals surface area contributed by atoms with Crippen molar-refractivity contribution in [2.45, 2.75) is 6.42 Å². The summed E-state index contributed by atoms with van der Waals surface area (Å²) in [7, 11) is 0. The predicted octanol–water partition coefficient (Wildman–Crippen LogP) is 2.22. The fourth-order valence-electron chi connectivity index (χ4n) is 2.26.